The van der Waals surface area contributed by atoms with Gasteiger partial charge in [-0.25, -0.2) is 14.4 Å². The summed E-state index contributed by atoms with van der Waals surface area (Å²) < 4.78 is 14.6. The van der Waals surface area contributed by atoms with Crippen molar-refractivity contribution in [3.63, 3.8) is 0 Å². The van der Waals surface area contributed by atoms with Crippen molar-refractivity contribution in [2.45, 2.75) is 45.5 Å². The molecule has 0 saturated heterocycles. The maximum atomic E-state index is 11.9. The average molecular weight is 324 g/mol. The van der Waals surface area contributed by atoms with Crippen LogP contribution in [0.4, 0.5) is 4.79 Å². The lowest BCUT2D eigenvalue weighted by Crippen LogP contribution is -2.32. The van der Waals surface area contributed by atoms with Crippen LogP contribution in [0.15, 0.2) is 30.3 Å². The van der Waals surface area contributed by atoms with Crippen LogP contribution in [0.2, 0.25) is 0 Å². The van der Waals surface area contributed by atoms with Crippen LogP contribution in [-0.4, -0.2) is 34.9 Å². The summed E-state index contributed by atoms with van der Waals surface area (Å²) in [5.74, 6) is -2.30. The quantitative estimate of drug-likeness (QED) is 0.831. The van der Waals surface area contributed by atoms with E-state index in [4.69, 9.17) is 14.2 Å². The molecule has 0 aliphatic rings. The van der Waals surface area contributed by atoms with E-state index in [1.807, 2.05) is 0 Å². The monoisotopic (exact) mass is 324 g/mol. The fraction of sp³-hybridized carbons (Fsp3) is 0.438. The lowest BCUT2D eigenvalue weighted by atomic mass is 10.1. The highest BCUT2D eigenvalue weighted by atomic mass is 16.7. The molecule has 0 radical (unpaired) electrons. The van der Waals surface area contributed by atoms with E-state index >= 15 is 0 Å². The van der Waals surface area contributed by atoms with Crippen molar-refractivity contribution in [1.29, 1.82) is 0 Å². The molecule has 1 aromatic rings. The number of carbonyl (C=O) groups is 3. The minimum atomic E-state index is -1.48. The van der Waals surface area contributed by atoms with Crippen LogP contribution >= 0.6 is 0 Å². The number of esters is 1. The minimum absolute atomic E-state index is 0.304. The second-order valence-corrected chi connectivity index (χ2v) is 5.79. The minimum Gasteiger partial charge on any atom is -0.478 e. The first-order valence-electron chi connectivity index (χ1n) is 6.98. The Morgan fingerprint density at radius 3 is 2.09 bits per heavy atom. The Bertz CT molecular complexity index is 560. The van der Waals surface area contributed by atoms with E-state index in [2.05, 4.69) is 0 Å². The number of carboxylic acids is 1. The Hall–Kier alpha value is -2.57. The molecule has 0 aromatic heterocycles. The van der Waals surface area contributed by atoms with Crippen LogP contribution in [-0.2, 0) is 23.8 Å². The maximum absolute atomic E-state index is 11.9. The third kappa shape index (κ3) is 6.37. The number of ether oxygens (including phenoxy) is 3. The molecule has 1 N–H and O–H groups in total. The van der Waals surface area contributed by atoms with Gasteiger partial charge in [0, 0.05) is 5.56 Å². The van der Waals surface area contributed by atoms with Gasteiger partial charge < -0.3 is 19.3 Å². The Morgan fingerprint density at radius 1 is 1.04 bits per heavy atom. The van der Waals surface area contributed by atoms with Gasteiger partial charge in [0.05, 0.1) is 0 Å². The molecular formula is C16H20O7. The zero-order valence-electron chi connectivity index (χ0n) is 13.4. The molecule has 7 nitrogen and oxygen atoms in total. The van der Waals surface area contributed by atoms with Gasteiger partial charge in [-0.2, -0.15) is 0 Å². The van der Waals surface area contributed by atoms with E-state index in [-0.39, 0.29) is 0 Å². The highest BCUT2D eigenvalue weighted by molar-refractivity contribution is 5.82. The number of benzene rings is 1. The van der Waals surface area contributed by atoms with E-state index in [1.165, 1.54) is 19.1 Å². The second kappa shape index (κ2) is 7.62. The average Bonchev–Trinajstić information content (AvgIpc) is 2.42. The highest BCUT2D eigenvalue weighted by Crippen LogP contribution is 2.19. The van der Waals surface area contributed by atoms with Gasteiger partial charge >= 0.3 is 18.1 Å². The van der Waals surface area contributed by atoms with Crippen molar-refractivity contribution < 1.29 is 33.7 Å². The predicted molar refractivity (Wildman–Crippen MR) is 79.7 cm³/mol. The number of carboxylic acid groups (broad SMARTS) is 1. The molecular weight excluding hydrogens is 304 g/mol. The lowest BCUT2D eigenvalue weighted by Gasteiger charge is -2.21. The van der Waals surface area contributed by atoms with Crippen LogP contribution in [0.3, 0.4) is 0 Å². The second-order valence-electron chi connectivity index (χ2n) is 5.79. The molecule has 0 aliphatic carbocycles. The van der Waals surface area contributed by atoms with Gasteiger partial charge in [0.1, 0.15) is 5.60 Å². The van der Waals surface area contributed by atoms with E-state index in [0.29, 0.717) is 5.56 Å². The molecule has 2 atom stereocenters. The predicted octanol–water partition coefficient (Wildman–Crippen LogP) is 2.70. The summed E-state index contributed by atoms with van der Waals surface area (Å²) in [6.07, 6.45) is -3.81. The Morgan fingerprint density at radius 2 is 1.61 bits per heavy atom. The summed E-state index contributed by atoms with van der Waals surface area (Å²) in [6.45, 7) is 6.21. The molecule has 0 aliphatic heterocycles. The first-order chi connectivity index (χ1) is 10.6. The maximum Gasteiger partial charge on any atom is 0.509 e. The number of rotatable bonds is 5. The van der Waals surface area contributed by atoms with Crippen LogP contribution in [0.5, 0.6) is 0 Å². The summed E-state index contributed by atoms with van der Waals surface area (Å²) in [7, 11) is 0. The molecule has 0 spiro atoms. The summed E-state index contributed by atoms with van der Waals surface area (Å²) in [5.41, 5.74) is -0.466. The molecule has 0 bridgehead atoms. The van der Waals surface area contributed by atoms with E-state index in [0.717, 1.165) is 0 Å². The normalized spacial score (nSPS) is 13.6. The molecule has 126 valence electrons. The fourth-order valence-corrected chi connectivity index (χ4v) is 1.57. The Balaban J connectivity index is 2.69. The van der Waals surface area contributed by atoms with Gasteiger partial charge in [-0.05, 0) is 27.7 Å². The molecule has 0 saturated carbocycles. The van der Waals surface area contributed by atoms with Crippen molar-refractivity contribution in [3.05, 3.63) is 35.9 Å². The largest absolute Gasteiger partial charge is 0.509 e. The van der Waals surface area contributed by atoms with Crippen molar-refractivity contribution in [3.8, 4) is 0 Å². The molecule has 0 unspecified atom stereocenters. The first-order valence-corrected chi connectivity index (χ1v) is 6.98. The Kier molecular flexibility index (Phi) is 6.12. The third-order valence-corrected chi connectivity index (χ3v) is 2.56. The lowest BCUT2D eigenvalue weighted by molar-refractivity contribution is -0.171. The van der Waals surface area contributed by atoms with Crippen molar-refractivity contribution in [2.24, 2.45) is 0 Å². The highest BCUT2D eigenvalue weighted by Gasteiger charge is 2.29. The van der Waals surface area contributed by atoms with Gasteiger partial charge in [-0.3, -0.25) is 0 Å². The molecule has 23 heavy (non-hydrogen) atoms. The topological polar surface area (TPSA) is 99.1 Å². The van der Waals surface area contributed by atoms with E-state index < -0.39 is 35.9 Å². The molecule has 7 heteroatoms. The van der Waals surface area contributed by atoms with Crippen LogP contribution in [0, 0.1) is 0 Å². The van der Waals surface area contributed by atoms with Crippen LogP contribution in [0.25, 0.3) is 0 Å². The van der Waals surface area contributed by atoms with Crippen LogP contribution < -0.4 is 0 Å². The van der Waals surface area contributed by atoms with E-state index in [1.54, 1.807) is 39.0 Å². The summed E-state index contributed by atoms with van der Waals surface area (Å²) in [5, 5.41) is 9.18. The zero-order valence-corrected chi connectivity index (χ0v) is 13.4. The number of carbonyl (C=O) groups excluding carboxylic acids is 2. The summed E-state index contributed by atoms with van der Waals surface area (Å²) in [6, 6.07) is 7.99. The SMILES string of the molecule is C[C@H](OC(=O)OC(C)(C)C)C(=O)O[C@H](C(=O)O)c1ccccc1. The molecule has 0 amide bonds. The summed E-state index contributed by atoms with van der Waals surface area (Å²) in [4.78, 5) is 34.7. The standard InChI is InChI=1S/C16H20O7/c1-10(21-15(20)23-16(2,3)4)14(19)22-12(13(17)18)11-8-6-5-7-9-11/h5-10,12H,1-4H3,(H,17,18)/t10-,12-/m0/s1. The van der Waals surface area contributed by atoms with Gasteiger partial charge in [0.2, 0.25) is 6.10 Å². The first kappa shape index (κ1) is 18.5. The number of hydrogen-bond acceptors (Lipinski definition) is 6. The molecule has 1 aromatic carbocycles. The molecule has 0 heterocycles. The van der Waals surface area contributed by atoms with Crippen LogP contribution in [0.1, 0.15) is 39.4 Å². The third-order valence-electron chi connectivity index (χ3n) is 2.56. The van der Waals surface area contributed by atoms with E-state index in [9.17, 15) is 19.5 Å². The van der Waals surface area contributed by atoms with Crippen molar-refractivity contribution in [2.75, 3.05) is 0 Å². The van der Waals surface area contributed by atoms with Gasteiger partial charge in [0.15, 0.2) is 6.10 Å². The summed E-state index contributed by atoms with van der Waals surface area (Å²) >= 11 is 0. The zero-order chi connectivity index (χ0) is 17.6. The smallest absolute Gasteiger partial charge is 0.478 e. The van der Waals surface area contributed by atoms with Gasteiger partial charge in [-0.15, -0.1) is 0 Å². The van der Waals surface area contributed by atoms with Crippen molar-refractivity contribution >= 4 is 18.1 Å². The number of aliphatic carboxylic acids is 1. The molecule has 0 fully saturated rings. The fourth-order valence-electron chi connectivity index (χ4n) is 1.57. The molecule has 1 rings (SSSR count). The van der Waals surface area contributed by atoms with Gasteiger partial charge in [0.25, 0.3) is 0 Å². The van der Waals surface area contributed by atoms with Gasteiger partial charge in [-0.1, -0.05) is 30.3 Å². The number of hydrogen-bond donors (Lipinski definition) is 1. The van der Waals surface area contributed by atoms with Crippen molar-refractivity contribution in [1.82, 2.24) is 0 Å². The Labute approximate surface area is 134 Å².